The molecular weight excluding hydrogens is 254 g/mol. The molecule has 0 bridgehead atoms. The fourth-order valence-corrected chi connectivity index (χ4v) is 1.66. The zero-order valence-corrected chi connectivity index (χ0v) is 11.3. The zero-order valence-electron chi connectivity index (χ0n) is 11.3. The van der Waals surface area contributed by atoms with Crippen LogP contribution in [0.3, 0.4) is 0 Å². The van der Waals surface area contributed by atoms with Gasteiger partial charge < -0.3 is 4.74 Å². The van der Waals surface area contributed by atoms with Crippen molar-refractivity contribution in [2.24, 2.45) is 5.10 Å². The molecule has 20 heavy (non-hydrogen) atoms. The molecule has 0 aliphatic heterocycles. The molecule has 2 rings (SSSR count). The summed E-state index contributed by atoms with van der Waals surface area (Å²) in [6, 6.07) is 9.01. The highest BCUT2D eigenvalue weighted by Crippen LogP contribution is 2.19. The lowest BCUT2D eigenvalue weighted by Gasteiger charge is -2.07. The van der Waals surface area contributed by atoms with Gasteiger partial charge in [0, 0.05) is 18.0 Å². The van der Waals surface area contributed by atoms with Crippen LogP contribution in [0.15, 0.2) is 47.8 Å². The van der Waals surface area contributed by atoms with Crippen LogP contribution in [0.1, 0.15) is 21.5 Å². The smallest absolute Gasteiger partial charge is 0.275 e. The molecule has 0 saturated carbocycles. The molecule has 1 N–H and O–H groups in total. The molecular formula is C15H15N3O2. The van der Waals surface area contributed by atoms with Gasteiger partial charge in [-0.2, -0.15) is 5.10 Å². The van der Waals surface area contributed by atoms with Gasteiger partial charge >= 0.3 is 0 Å². The van der Waals surface area contributed by atoms with E-state index in [-0.39, 0.29) is 5.91 Å². The van der Waals surface area contributed by atoms with Crippen molar-refractivity contribution >= 4 is 12.1 Å². The first-order valence-electron chi connectivity index (χ1n) is 6.09. The van der Waals surface area contributed by atoms with Gasteiger partial charge in [-0.1, -0.05) is 12.1 Å². The van der Waals surface area contributed by atoms with E-state index in [2.05, 4.69) is 15.5 Å². The van der Waals surface area contributed by atoms with Gasteiger partial charge in [0.1, 0.15) is 5.75 Å². The van der Waals surface area contributed by atoms with Gasteiger partial charge in [0.05, 0.1) is 18.9 Å². The van der Waals surface area contributed by atoms with Crippen LogP contribution in [0.5, 0.6) is 5.75 Å². The predicted molar refractivity (Wildman–Crippen MR) is 77.0 cm³/mol. The molecule has 0 aliphatic carbocycles. The lowest BCUT2D eigenvalue weighted by atomic mass is 10.1. The van der Waals surface area contributed by atoms with E-state index in [0.29, 0.717) is 11.3 Å². The first kappa shape index (κ1) is 13.7. The van der Waals surface area contributed by atoms with E-state index in [1.54, 1.807) is 30.6 Å². The molecule has 0 aliphatic rings. The lowest BCUT2D eigenvalue weighted by molar-refractivity contribution is 0.0952. The standard InChI is InChI=1S/C15H15N3O2/c1-11-5-6-13(14(8-11)20-2)15(19)18-17-10-12-4-3-7-16-9-12/h3-10H,1-2H3,(H,18,19)/b17-10-. The minimum atomic E-state index is -0.318. The fraction of sp³-hybridized carbons (Fsp3) is 0.133. The van der Waals surface area contributed by atoms with Crippen LogP contribution in [0, 0.1) is 6.92 Å². The molecule has 1 heterocycles. The van der Waals surface area contributed by atoms with Crippen LogP contribution in [0.4, 0.5) is 0 Å². The second-order valence-electron chi connectivity index (χ2n) is 4.19. The maximum atomic E-state index is 12.0. The van der Waals surface area contributed by atoms with E-state index in [4.69, 9.17) is 4.74 Å². The number of carbonyl (C=O) groups excluding carboxylic acids is 1. The summed E-state index contributed by atoms with van der Waals surface area (Å²) in [5.41, 5.74) is 4.74. The maximum absolute atomic E-state index is 12.0. The van der Waals surface area contributed by atoms with Gasteiger partial charge in [-0.3, -0.25) is 9.78 Å². The number of aromatic nitrogens is 1. The number of carbonyl (C=O) groups is 1. The maximum Gasteiger partial charge on any atom is 0.275 e. The first-order chi connectivity index (χ1) is 9.70. The Bertz CT molecular complexity index is 624. The number of methoxy groups -OCH3 is 1. The highest BCUT2D eigenvalue weighted by molar-refractivity contribution is 5.97. The van der Waals surface area contributed by atoms with Gasteiger partial charge in [-0.05, 0) is 30.7 Å². The second-order valence-corrected chi connectivity index (χ2v) is 4.19. The van der Waals surface area contributed by atoms with Crippen molar-refractivity contribution in [2.45, 2.75) is 6.92 Å². The Kier molecular flexibility index (Phi) is 4.44. The number of aryl methyl sites for hydroxylation is 1. The van der Waals surface area contributed by atoms with Crippen molar-refractivity contribution in [1.29, 1.82) is 0 Å². The summed E-state index contributed by atoms with van der Waals surface area (Å²) in [5, 5.41) is 3.90. The quantitative estimate of drug-likeness (QED) is 0.683. The highest BCUT2D eigenvalue weighted by Gasteiger charge is 2.11. The highest BCUT2D eigenvalue weighted by atomic mass is 16.5. The molecule has 0 saturated heterocycles. The molecule has 0 fully saturated rings. The molecule has 5 nitrogen and oxygen atoms in total. The van der Waals surface area contributed by atoms with Crippen molar-refractivity contribution < 1.29 is 9.53 Å². The minimum absolute atomic E-state index is 0.318. The Balaban J connectivity index is 2.07. The summed E-state index contributed by atoms with van der Waals surface area (Å²) in [6.45, 7) is 1.94. The normalized spacial score (nSPS) is 10.5. The molecule has 1 aromatic carbocycles. The van der Waals surface area contributed by atoms with E-state index in [1.165, 1.54) is 13.3 Å². The van der Waals surface area contributed by atoms with E-state index in [1.807, 2.05) is 19.1 Å². The van der Waals surface area contributed by atoms with Crippen LogP contribution in [0.2, 0.25) is 0 Å². The zero-order chi connectivity index (χ0) is 14.4. The van der Waals surface area contributed by atoms with E-state index in [0.717, 1.165) is 11.1 Å². The number of hydrogen-bond donors (Lipinski definition) is 1. The molecule has 0 atom stereocenters. The summed E-state index contributed by atoms with van der Waals surface area (Å²) in [5.74, 6) is 0.209. The monoisotopic (exact) mass is 269 g/mol. The van der Waals surface area contributed by atoms with Crippen LogP contribution in [0.25, 0.3) is 0 Å². The molecule has 1 aromatic heterocycles. The van der Waals surface area contributed by atoms with Gasteiger partial charge in [0.15, 0.2) is 0 Å². The number of nitrogens with zero attached hydrogens (tertiary/aromatic N) is 2. The number of pyridine rings is 1. The van der Waals surface area contributed by atoms with E-state index < -0.39 is 0 Å². The number of hydrogen-bond acceptors (Lipinski definition) is 4. The SMILES string of the molecule is COc1cc(C)ccc1C(=O)N/N=C\c1cccnc1. The van der Waals surface area contributed by atoms with Crippen LogP contribution in [-0.2, 0) is 0 Å². The Morgan fingerprint density at radius 2 is 2.25 bits per heavy atom. The molecule has 2 aromatic rings. The van der Waals surface area contributed by atoms with Gasteiger partial charge in [0.2, 0.25) is 0 Å². The average Bonchev–Trinajstić information content (AvgIpc) is 2.48. The van der Waals surface area contributed by atoms with E-state index in [9.17, 15) is 4.79 Å². The van der Waals surface area contributed by atoms with Gasteiger partial charge in [-0.25, -0.2) is 5.43 Å². The fourth-order valence-electron chi connectivity index (χ4n) is 1.66. The second kappa shape index (κ2) is 6.47. The van der Waals surface area contributed by atoms with Crippen molar-refractivity contribution in [3.8, 4) is 5.75 Å². The number of rotatable bonds is 4. The van der Waals surface area contributed by atoms with Crippen LogP contribution in [-0.4, -0.2) is 24.2 Å². The van der Waals surface area contributed by atoms with E-state index >= 15 is 0 Å². The van der Waals surface area contributed by atoms with Crippen molar-refractivity contribution in [2.75, 3.05) is 7.11 Å². The van der Waals surface area contributed by atoms with Crippen molar-refractivity contribution in [3.63, 3.8) is 0 Å². The molecule has 0 unspecified atom stereocenters. The third-order valence-electron chi connectivity index (χ3n) is 2.67. The summed E-state index contributed by atoms with van der Waals surface area (Å²) in [6.07, 6.45) is 4.86. The average molecular weight is 269 g/mol. The molecule has 0 spiro atoms. The number of hydrazone groups is 1. The number of nitrogens with one attached hydrogen (secondary N) is 1. The first-order valence-corrected chi connectivity index (χ1v) is 6.09. The van der Waals surface area contributed by atoms with Crippen LogP contribution >= 0.6 is 0 Å². The molecule has 5 heteroatoms. The molecule has 102 valence electrons. The van der Waals surface area contributed by atoms with Crippen molar-refractivity contribution in [1.82, 2.24) is 10.4 Å². The number of ether oxygens (including phenoxy) is 1. The summed E-state index contributed by atoms with van der Waals surface area (Å²) >= 11 is 0. The summed E-state index contributed by atoms with van der Waals surface area (Å²) < 4.78 is 5.19. The number of benzene rings is 1. The minimum Gasteiger partial charge on any atom is -0.496 e. The Morgan fingerprint density at radius 1 is 1.40 bits per heavy atom. The number of amides is 1. The molecule has 1 amide bonds. The Labute approximate surface area is 117 Å². The Hall–Kier alpha value is -2.69. The largest absolute Gasteiger partial charge is 0.496 e. The van der Waals surface area contributed by atoms with Gasteiger partial charge in [-0.15, -0.1) is 0 Å². The molecule has 0 radical (unpaired) electrons. The van der Waals surface area contributed by atoms with Crippen LogP contribution < -0.4 is 10.2 Å². The van der Waals surface area contributed by atoms with Crippen molar-refractivity contribution in [3.05, 3.63) is 59.4 Å². The third-order valence-corrected chi connectivity index (χ3v) is 2.67. The topological polar surface area (TPSA) is 63.6 Å². The Morgan fingerprint density at radius 3 is 2.95 bits per heavy atom. The summed E-state index contributed by atoms with van der Waals surface area (Å²) in [7, 11) is 1.53. The predicted octanol–water partition coefficient (Wildman–Crippen LogP) is 2.16. The summed E-state index contributed by atoms with van der Waals surface area (Å²) in [4.78, 5) is 16.0. The lowest BCUT2D eigenvalue weighted by Crippen LogP contribution is -2.18. The third kappa shape index (κ3) is 3.41. The van der Waals surface area contributed by atoms with Gasteiger partial charge in [0.25, 0.3) is 5.91 Å².